The summed E-state index contributed by atoms with van der Waals surface area (Å²) in [5, 5.41) is 12.6. The van der Waals surface area contributed by atoms with Gasteiger partial charge in [-0.2, -0.15) is 5.10 Å². The molecule has 1 N–H and O–H groups in total. The summed E-state index contributed by atoms with van der Waals surface area (Å²) in [5.74, 6) is 0. The number of hydrogen-bond acceptors (Lipinski definition) is 2. The monoisotopic (exact) mass is 296 g/mol. The molecule has 0 unspecified atom stereocenters. The molecule has 1 heterocycles. The average molecular weight is 296 g/mol. The molecule has 21 heavy (non-hydrogen) atoms. The van der Waals surface area contributed by atoms with Crippen LogP contribution in [0.2, 0.25) is 0 Å². The maximum atomic E-state index is 8.46. The number of unbranched alkanes of at least 4 members (excludes halogenated alkanes) is 1. The summed E-state index contributed by atoms with van der Waals surface area (Å²) in [7, 11) is 1.96. The highest BCUT2D eigenvalue weighted by Crippen LogP contribution is 2.21. The van der Waals surface area contributed by atoms with E-state index in [0.717, 1.165) is 19.3 Å². The van der Waals surface area contributed by atoms with Crippen LogP contribution in [-0.2, 0) is 13.5 Å². The normalized spacial score (nSPS) is 12.0. The van der Waals surface area contributed by atoms with Crippen molar-refractivity contribution in [2.45, 2.75) is 73.6 Å². The zero-order valence-corrected chi connectivity index (χ0v) is 15.2. The van der Waals surface area contributed by atoms with Crippen molar-refractivity contribution >= 4 is 0 Å². The maximum absolute atomic E-state index is 8.46. The van der Waals surface area contributed by atoms with Gasteiger partial charge in [0.25, 0.3) is 0 Å². The van der Waals surface area contributed by atoms with Crippen LogP contribution >= 0.6 is 0 Å². The topological polar surface area (TPSA) is 38.0 Å². The number of aromatic nitrogens is 2. The summed E-state index contributed by atoms with van der Waals surface area (Å²) in [6.07, 6.45) is 9.72. The highest BCUT2D eigenvalue weighted by molar-refractivity contribution is 5.03. The molecule has 1 aromatic rings. The second kappa shape index (κ2) is 9.24. The van der Waals surface area contributed by atoms with Gasteiger partial charge in [-0.1, -0.05) is 48.0 Å². The second-order valence-corrected chi connectivity index (χ2v) is 8.32. The standard InChI is InChI=1S/C10H18N2.C8H18O/c1-10(2,3)6-5-9-7-11-12(4)8-9;1-8(2,3)6-4-5-7-9/h7-8H,5-6H2,1-4H3;9H,4-7H2,1-3H3. The van der Waals surface area contributed by atoms with Crippen LogP contribution in [0.25, 0.3) is 0 Å². The Morgan fingerprint density at radius 2 is 1.57 bits per heavy atom. The predicted octanol–water partition coefficient (Wildman–Crippen LogP) is 4.59. The highest BCUT2D eigenvalue weighted by Gasteiger charge is 2.10. The van der Waals surface area contributed by atoms with Gasteiger partial charge in [0, 0.05) is 19.9 Å². The van der Waals surface area contributed by atoms with Crippen molar-refractivity contribution in [3.05, 3.63) is 18.0 Å². The van der Waals surface area contributed by atoms with E-state index in [0.29, 0.717) is 17.4 Å². The van der Waals surface area contributed by atoms with E-state index in [9.17, 15) is 0 Å². The third-order valence-corrected chi connectivity index (χ3v) is 3.26. The van der Waals surface area contributed by atoms with Crippen molar-refractivity contribution in [1.82, 2.24) is 9.78 Å². The van der Waals surface area contributed by atoms with E-state index in [1.165, 1.54) is 18.4 Å². The van der Waals surface area contributed by atoms with Crippen molar-refractivity contribution in [3.63, 3.8) is 0 Å². The molecule has 0 saturated carbocycles. The lowest BCUT2D eigenvalue weighted by Gasteiger charge is -2.16. The van der Waals surface area contributed by atoms with Crippen LogP contribution in [0.3, 0.4) is 0 Å². The van der Waals surface area contributed by atoms with Crippen LogP contribution in [0.1, 0.15) is 72.8 Å². The van der Waals surface area contributed by atoms with Crippen LogP contribution in [-0.4, -0.2) is 21.5 Å². The molecule has 1 rings (SSSR count). The minimum atomic E-state index is 0.343. The van der Waals surface area contributed by atoms with Gasteiger partial charge in [0.15, 0.2) is 0 Å². The molecule has 0 aromatic carbocycles. The van der Waals surface area contributed by atoms with Gasteiger partial charge >= 0.3 is 0 Å². The van der Waals surface area contributed by atoms with Crippen LogP contribution in [0.15, 0.2) is 12.4 Å². The Labute approximate surface area is 131 Å². The minimum Gasteiger partial charge on any atom is -0.396 e. The van der Waals surface area contributed by atoms with Crippen molar-refractivity contribution in [1.29, 1.82) is 0 Å². The molecule has 0 aliphatic carbocycles. The molecule has 3 heteroatoms. The van der Waals surface area contributed by atoms with E-state index in [4.69, 9.17) is 5.11 Å². The first-order valence-electron chi connectivity index (χ1n) is 8.12. The Morgan fingerprint density at radius 1 is 1.00 bits per heavy atom. The molecule has 0 saturated heterocycles. The first-order valence-corrected chi connectivity index (χ1v) is 8.12. The molecule has 3 nitrogen and oxygen atoms in total. The number of rotatable bonds is 5. The zero-order valence-electron chi connectivity index (χ0n) is 15.2. The molecule has 0 atom stereocenters. The molecule has 1 aromatic heterocycles. The van der Waals surface area contributed by atoms with Gasteiger partial charge in [0.05, 0.1) is 6.20 Å². The largest absolute Gasteiger partial charge is 0.396 e. The van der Waals surface area contributed by atoms with E-state index >= 15 is 0 Å². The third kappa shape index (κ3) is 13.9. The molecule has 124 valence electrons. The van der Waals surface area contributed by atoms with Gasteiger partial charge in [-0.05, 0) is 42.1 Å². The number of hydrogen-bond donors (Lipinski definition) is 1. The van der Waals surface area contributed by atoms with Crippen LogP contribution in [0, 0.1) is 10.8 Å². The van der Waals surface area contributed by atoms with Gasteiger partial charge in [-0.3, -0.25) is 4.68 Å². The Kier molecular flexibility index (Phi) is 8.88. The number of aliphatic hydroxyl groups excluding tert-OH is 1. The Hall–Kier alpha value is -0.830. The predicted molar refractivity (Wildman–Crippen MR) is 91.4 cm³/mol. The molecule has 0 amide bonds. The molecule has 0 spiro atoms. The Balaban J connectivity index is 0.000000400. The molecular formula is C18H36N2O. The lowest BCUT2D eigenvalue weighted by molar-refractivity contribution is 0.267. The molecule has 0 radical (unpaired) electrons. The molecule has 0 aliphatic rings. The van der Waals surface area contributed by atoms with Gasteiger partial charge in [0.2, 0.25) is 0 Å². The fourth-order valence-electron chi connectivity index (χ4n) is 1.89. The average Bonchev–Trinajstić information content (AvgIpc) is 2.71. The van der Waals surface area contributed by atoms with Crippen molar-refractivity contribution in [2.75, 3.05) is 6.61 Å². The Bertz CT molecular complexity index is 369. The van der Waals surface area contributed by atoms with E-state index in [1.807, 2.05) is 17.9 Å². The smallest absolute Gasteiger partial charge is 0.0521 e. The van der Waals surface area contributed by atoms with Crippen LogP contribution in [0.4, 0.5) is 0 Å². The first kappa shape index (κ1) is 20.2. The number of aliphatic hydroxyl groups is 1. The quantitative estimate of drug-likeness (QED) is 0.807. The van der Waals surface area contributed by atoms with Gasteiger partial charge < -0.3 is 5.11 Å². The summed E-state index contributed by atoms with van der Waals surface area (Å²) in [6.45, 7) is 13.8. The maximum Gasteiger partial charge on any atom is 0.0521 e. The minimum absolute atomic E-state index is 0.343. The van der Waals surface area contributed by atoms with Crippen molar-refractivity contribution in [2.24, 2.45) is 17.9 Å². The van der Waals surface area contributed by atoms with E-state index in [2.05, 4.69) is 52.8 Å². The second-order valence-electron chi connectivity index (χ2n) is 8.32. The Morgan fingerprint density at radius 3 is 1.95 bits per heavy atom. The molecule has 0 fully saturated rings. The highest BCUT2D eigenvalue weighted by atomic mass is 16.2. The molecule has 0 bridgehead atoms. The van der Waals surface area contributed by atoms with Crippen molar-refractivity contribution in [3.8, 4) is 0 Å². The molecular weight excluding hydrogens is 260 g/mol. The van der Waals surface area contributed by atoms with Gasteiger partial charge in [-0.25, -0.2) is 0 Å². The van der Waals surface area contributed by atoms with Crippen molar-refractivity contribution < 1.29 is 5.11 Å². The summed E-state index contributed by atoms with van der Waals surface area (Å²) in [4.78, 5) is 0. The SMILES string of the molecule is CC(C)(C)CCCCO.Cn1cc(CCC(C)(C)C)cn1. The molecule has 0 aliphatic heterocycles. The zero-order chi connectivity index (χ0) is 16.5. The van der Waals surface area contributed by atoms with E-state index in [1.54, 1.807) is 0 Å². The first-order chi connectivity index (χ1) is 9.53. The summed E-state index contributed by atoms with van der Waals surface area (Å²) in [6, 6.07) is 0. The van der Waals surface area contributed by atoms with Gasteiger partial charge in [0.1, 0.15) is 0 Å². The van der Waals surface area contributed by atoms with E-state index < -0.39 is 0 Å². The lowest BCUT2D eigenvalue weighted by atomic mass is 9.89. The van der Waals surface area contributed by atoms with Crippen LogP contribution in [0.5, 0.6) is 0 Å². The van der Waals surface area contributed by atoms with Crippen LogP contribution < -0.4 is 0 Å². The third-order valence-electron chi connectivity index (χ3n) is 3.26. The summed E-state index contributed by atoms with van der Waals surface area (Å²) in [5.41, 5.74) is 2.21. The van der Waals surface area contributed by atoms with Gasteiger partial charge in [-0.15, -0.1) is 0 Å². The lowest BCUT2D eigenvalue weighted by Crippen LogP contribution is -2.05. The fourth-order valence-corrected chi connectivity index (χ4v) is 1.89. The van der Waals surface area contributed by atoms with E-state index in [-0.39, 0.29) is 0 Å². The summed E-state index contributed by atoms with van der Waals surface area (Å²) < 4.78 is 1.86. The fraction of sp³-hybridized carbons (Fsp3) is 0.833. The summed E-state index contributed by atoms with van der Waals surface area (Å²) >= 11 is 0. The number of nitrogens with zero attached hydrogens (tertiary/aromatic N) is 2. The number of aryl methyl sites for hydroxylation is 2.